The number of methoxy groups -OCH3 is 3. The van der Waals surface area contributed by atoms with Crippen LogP contribution in [-0.4, -0.2) is 33.1 Å². The van der Waals surface area contributed by atoms with Crippen molar-refractivity contribution in [2.24, 2.45) is 0 Å². The SMILES string of the molecule is COC(=O)CC(=O)CC(OC)c1ccc(OC)cc1. The van der Waals surface area contributed by atoms with Crippen molar-refractivity contribution >= 4 is 11.8 Å². The normalized spacial score (nSPS) is 11.7. The number of benzene rings is 1. The second kappa shape index (κ2) is 7.53. The van der Waals surface area contributed by atoms with E-state index < -0.39 is 5.97 Å². The molecule has 0 spiro atoms. The Balaban J connectivity index is 2.66. The van der Waals surface area contributed by atoms with Gasteiger partial charge in [0.15, 0.2) is 0 Å². The average molecular weight is 266 g/mol. The van der Waals surface area contributed by atoms with Gasteiger partial charge in [0.2, 0.25) is 0 Å². The molecule has 5 nitrogen and oxygen atoms in total. The van der Waals surface area contributed by atoms with Crippen molar-refractivity contribution in [2.75, 3.05) is 21.3 Å². The molecule has 0 amide bonds. The Morgan fingerprint density at radius 2 is 1.74 bits per heavy atom. The lowest BCUT2D eigenvalue weighted by Gasteiger charge is -2.15. The quantitative estimate of drug-likeness (QED) is 0.557. The van der Waals surface area contributed by atoms with E-state index in [1.807, 2.05) is 12.1 Å². The van der Waals surface area contributed by atoms with E-state index in [1.165, 1.54) is 14.2 Å². The number of Topliss-reactive ketones (excluding diaryl/α,β-unsaturated/α-hetero) is 1. The lowest BCUT2D eigenvalue weighted by Crippen LogP contribution is -2.14. The third kappa shape index (κ3) is 4.71. The Hall–Kier alpha value is -1.88. The highest BCUT2D eigenvalue weighted by atomic mass is 16.5. The van der Waals surface area contributed by atoms with Crippen molar-refractivity contribution < 1.29 is 23.8 Å². The van der Waals surface area contributed by atoms with Gasteiger partial charge in [-0.25, -0.2) is 0 Å². The van der Waals surface area contributed by atoms with Crippen molar-refractivity contribution in [1.29, 1.82) is 0 Å². The first kappa shape index (κ1) is 15.2. The first-order valence-electron chi connectivity index (χ1n) is 5.86. The lowest BCUT2D eigenvalue weighted by atomic mass is 10.0. The second-order valence-corrected chi connectivity index (χ2v) is 3.99. The summed E-state index contributed by atoms with van der Waals surface area (Å²) in [6, 6.07) is 7.26. The minimum absolute atomic E-state index is 0.137. The molecule has 0 radical (unpaired) electrons. The van der Waals surface area contributed by atoms with Crippen LogP contribution >= 0.6 is 0 Å². The summed E-state index contributed by atoms with van der Waals surface area (Å²) in [5.74, 6) is -0.0106. The summed E-state index contributed by atoms with van der Waals surface area (Å²) >= 11 is 0. The number of carbonyl (C=O) groups is 2. The van der Waals surface area contributed by atoms with E-state index >= 15 is 0 Å². The van der Waals surface area contributed by atoms with Gasteiger partial charge in [-0.2, -0.15) is 0 Å². The van der Waals surface area contributed by atoms with Gasteiger partial charge in [0.05, 0.1) is 20.3 Å². The summed E-state index contributed by atoms with van der Waals surface area (Å²) in [4.78, 5) is 22.7. The van der Waals surface area contributed by atoms with E-state index in [-0.39, 0.29) is 24.7 Å². The third-order valence-corrected chi connectivity index (χ3v) is 2.75. The van der Waals surface area contributed by atoms with E-state index in [0.717, 1.165) is 11.3 Å². The summed E-state index contributed by atoms with van der Waals surface area (Å²) in [6.45, 7) is 0. The van der Waals surface area contributed by atoms with Crippen LogP contribution in [0.3, 0.4) is 0 Å². The highest BCUT2D eigenvalue weighted by Gasteiger charge is 2.18. The molecule has 0 saturated heterocycles. The second-order valence-electron chi connectivity index (χ2n) is 3.99. The van der Waals surface area contributed by atoms with Crippen LogP contribution in [-0.2, 0) is 19.1 Å². The fourth-order valence-electron chi connectivity index (χ4n) is 1.67. The summed E-state index contributed by atoms with van der Waals surface area (Å²) in [6.07, 6.45) is -0.465. The molecule has 0 aliphatic rings. The first-order valence-corrected chi connectivity index (χ1v) is 5.86. The summed E-state index contributed by atoms with van der Waals surface area (Å²) in [5.41, 5.74) is 0.863. The predicted molar refractivity (Wildman–Crippen MR) is 69.0 cm³/mol. The van der Waals surface area contributed by atoms with Crippen LogP contribution in [0.2, 0.25) is 0 Å². The van der Waals surface area contributed by atoms with E-state index in [2.05, 4.69) is 4.74 Å². The molecule has 19 heavy (non-hydrogen) atoms. The fraction of sp³-hybridized carbons (Fsp3) is 0.429. The largest absolute Gasteiger partial charge is 0.497 e. The maximum absolute atomic E-state index is 11.7. The minimum Gasteiger partial charge on any atom is -0.497 e. The van der Waals surface area contributed by atoms with E-state index in [4.69, 9.17) is 9.47 Å². The van der Waals surface area contributed by atoms with E-state index in [0.29, 0.717) is 0 Å². The van der Waals surface area contributed by atoms with Gasteiger partial charge < -0.3 is 14.2 Å². The number of esters is 1. The van der Waals surface area contributed by atoms with Crippen LogP contribution in [0.5, 0.6) is 5.75 Å². The van der Waals surface area contributed by atoms with Gasteiger partial charge in [0, 0.05) is 13.5 Å². The van der Waals surface area contributed by atoms with E-state index in [1.54, 1.807) is 19.2 Å². The van der Waals surface area contributed by atoms with Crippen LogP contribution in [0.25, 0.3) is 0 Å². The van der Waals surface area contributed by atoms with Crippen LogP contribution < -0.4 is 4.74 Å². The molecule has 1 aromatic rings. The number of ketones is 1. The summed E-state index contributed by atoms with van der Waals surface area (Å²) in [7, 11) is 4.37. The van der Waals surface area contributed by atoms with Crippen molar-refractivity contribution in [3.63, 3.8) is 0 Å². The van der Waals surface area contributed by atoms with Gasteiger partial charge in [-0.05, 0) is 17.7 Å². The van der Waals surface area contributed by atoms with Crippen molar-refractivity contribution in [3.8, 4) is 5.75 Å². The van der Waals surface area contributed by atoms with Crippen LogP contribution in [0.15, 0.2) is 24.3 Å². The van der Waals surface area contributed by atoms with E-state index in [9.17, 15) is 9.59 Å². The smallest absolute Gasteiger partial charge is 0.313 e. The Bertz CT molecular complexity index is 424. The molecule has 0 heterocycles. The molecular formula is C14H18O5. The van der Waals surface area contributed by atoms with Gasteiger partial charge in [-0.3, -0.25) is 9.59 Å². The lowest BCUT2D eigenvalue weighted by molar-refractivity contribution is -0.143. The topological polar surface area (TPSA) is 61.8 Å². The van der Waals surface area contributed by atoms with Crippen LogP contribution in [0.1, 0.15) is 24.5 Å². The van der Waals surface area contributed by atoms with Gasteiger partial charge in [-0.1, -0.05) is 12.1 Å². The molecule has 1 aromatic carbocycles. The molecule has 1 rings (SSSR count). The molecule has 0 saturated carbocycles. The van der Waals surface area contributed by atoms with Crippen molar-refractivity contribution in [3.05, 3.63) is 29.8 Å². The molecule has 5 heteroatoms. The summed E-state index contributed by atoms with van der Waals surface area (Å²) in [5, 5.41) is 0. The molecule has 104 valence electrons. The number of hydrogen-bond donors (Lipinski definition) is 0. The zero-order valence-electron chi connectivity index (χ0n) is 11.3. The minimum atomic E-state index is -0.533. The highest BCUT2D eigenvalue weighted by Crippen LogP contribution is 2.23. The number of hydrogen-bond acceptors (Lipinski definition) is 5. The number of rotatable bonds is 7. The zero-order chi connectivity index (χ0) is 14.3. The summed E-state index contributed by atoms with van der Waals surface area (Å²) < 4.78 is 14.8. The number of ether oxygens (including phenoxy) is 3. The fourth-order valence-corrected chi connectivity index (χ4v) is 1.67. The Labute approximate surface area is 112 Å². The molecule has 0 bridgehead atoms. The molecule has 1 atom stereocenters. The molecule has 0 N–H and O–H groups in total. The standard InChI is InChI=1S/C14H18O5/c1-17-12-6-4-10(5-7-12)13(18-2)8-11(15)9-14(16)19-3/h4-7,13H,8-9H2,1-3H3. The average Bonchev–Trinajstić information content (AvgIpc) is 2.44. The van der Waals surface area contributed by atoms with Crippen molar-refractivity contribution in [2.45, 2.75) is 18.9 Å². The van der Waals surface area contributed by atoms with Gasteiger partial charge in [0.25, 0.3) is 0 Å². The molecular weight excluding hydrogens is 248 g/mol. The Morgan fingerprint density at radius 1 is 1.11 bits per heavy atom. The number of carbonyl (C=O) groups excluding carboxylic acids is 2. The van der Waals surface area contributed by atoms with Crippen LogP contribution in [0, 0.1) is 0 Å². The predicted octanol–water partition coefficient (Wildman–Crippen LogP) is 1.91. The van der Waals surface area contributed by atoms with Crippen LogP contribution in [0.4, 0.5) is 0 Å². The highest BCUT2D eigenvalue weighted by molar-refractivity contribution is 5.95. The zero-order valence-corrected chi connectivity index (χ0v) is 11.3. The Morgan fingerprint density at radius 3 is 2.21 bits per heavy atom. The maximum atomic E-state index is 11.7. The van der Waals surface area contributed by atoms with Gasteiger partial charge >= 0.3 is 5.97 Å². The van der Waals surface area contributed by atoms with Gasteiger partial charge in [0.1, 0.15) is 18.0 Å². The molecule has 0 aliphatic heterocycles. The molecule has 0 fully saturated rings. The third-order valence-electron chi connectivity index (χ3n) is 2.75. The Kier molecular flexibility index (Phi) is 6.02. The maximum Gasteiger partial charge on any atom is 0.313 e. The molecule has 1 unspecified atom stereocenters. The van der Waals surface area contributed by atoms with Crippen molar-refractivity contribution in [1.82, 2.24) is 0 Å². The molecule has 0 aliphatic carbocycles. The molecule has 0 aromatic heterocycles. The van der Waals surface area contributed by atoms with Gasteiger partial charge in [-0.15, -0.1) is 0 Å². The first-order chi connectivity index (χ1) is 9.10. The monoisotopic (exact) mass is 266 g/mol.